The quantitative estimate of drug-likeness (QED) is 0.262. The van der Waals surface area contributed by atoms with Crippen LogP contribution in [0, 0.1) is 12.8 Å². The van der Waals surface area contributed by atoms with Crippen molar-refractivity contribution in [3.63, 3.8) is 0 Å². The second kappa shape index (κ2) is 16.8. The van der Waals surface area contributed by atoms with Gasteiger partial charge in [-0.1, -0.05) is 34.1 Å². The van der Waals surface area contributed by atoms with E-state index < -0.39 is 0 Å². The number of unbranched alkanes of at least 4 members (excludes halogenated alkanes) is 1. The van der Waals surface area contributed by atoms with Crippen molar-refractivity contribution in [3.8, 4) is 0 Å². The molecule has 1 aliphatic rings. The van der Waals surface area contributed by atoms with Gasteiger partial charge >= 0.3 is 0 Å². The molecule has 1 heterocycles. The summed E-state index contributed by atoms with van der Waals surface area (Å²) >= 11 is 0. The van der Waals surface area contributed by atoms with E-state index in [4.69, 9.17) is 11.5 Å². The topological polar surface area (TPSA) is 114 Å². The van der Waals surface area contributed by atoms with E-state index in [9.17, 15) is 0 Å². The zero-order valence-electron chi connectivity index (χ0n) is 19.4. The maximum Gasteiger partial charge on any atom is 0.224 e. The van der Waals surface area contributed by atoms with E-state index in [1.807, 2.05) is 27.7 Å². The molecule has 2 rings (SSSR count). The van der Waals surface area contributed by atoms with Crippen molar-refractivity contribution >= 4 is 17.6 Å². The van der Waals surface area contributed by atoms with Gasteiger partial charge in [0.2, 0.25) is 5.95 Å². The summed E-state index contributed by atoms with van der Waals surface area (Å²) in [6.07, 6.45) is 7.89. The minimum atomic E-state index is 0.380. The Morgan fingerprint density at radius 2 is 1.83 bits per heavy atom. The summed E-state index contributed by atoms with van der Waals surface area (Å²) in [7, 11) is 0. The number of hydrogen-bond donors (Lipinski definition) is 4. The number of nitrogens with zero attached hydrogens (tertiary/aromatic N) is 3. The van der Waals surface area contributed by atoms with E-state index in [0.717, 1.165) is 30.8 Å². The molecule has 0 spiro atoms. The maximum absolute atomic E-state index is 5.90. The Hall–Kier alpha value is -2.15. The molecular weight excluding hydrogens is 362 g/mol. The predicted octanol–water partition coefficient (Wildman–Crippen LogP) is 4.27. The summed E-state index contributed by atoms with van der Waals surface area (Å²) in [5, 5.41) is 6.39. The van der Waals surface area contributed by atoms with Gasteiger partial charge in [-0.3, -0.25) is 0 Å². The third-order valence-electron chi connectivity index (χ3n) is 3.92. The summed E-state index contributed by atoms with van der Waals surface area (Å²) in [4.78, 5) is 12.8. The lowest BCUT2D eigenvalue weighted by Crippen LogP contribution is -2.15. The second-order valence-corrected chi connectivity index (χ2v) is 6.78. The highest BCUT2D eigenvalue weighted by Crippen LogP contribution is 2.33. The molecule has 0 amide bonds. The lowest BCUT2D eigenvalue weighted by atomic mass is 10.3. The minimum Gasteiger partial charge on any atom is -0.402 e. The first-order valence-electron chi connectivity index (χ1n) is 11.1. The van der Waals surface area contributed by atoms with Gasteiger partial charge in [-0.05, 0) is 64.6 Å². The van der Waals surface area contributed by atoms with E-state index in [1.165, 1.54) is 32.4 Å². The molecule has 1 aliphatic carbocycles. The molecule has 6 N–H and O–H groups in total. The molecule has 1 fully saturated rings. The molecule has 7 heteroatoms. The van der Waals surface area contributed by atoms with Crippen LogP contribution >= 0.6 is 0 Å². The van der Waals surface area contributed by atoms with Gasteiger partial charge in [0, 0.05) is 24.0 Å². The summed E-state index contributed by atoms with van der Waals surface area (Å²) < 4.78 is 0. The monoisotopic (exact) mass is 405 g/mol. The standard InChI is InChI=1S/C13H20N6.C7H17N.C2H6/c1-3-16-13-17-8(2)6-12(19-13)18-11(15)7-10(14)9-4-5-9;1-3-5-7-8-6-4-2;1-2/h6-7,9H,3-5,14H2,1-2H3,(H3,15,16,17,18,19);8H,3-7H2,1-2H3;1-2H3/b10-7-;;. The minimum absolute atomic E-state index is 0.380. The highest BCUT2D eigenvalue weighted by atomic mass is 15.1. The normalized spacial score (nSPS) is 13.7. The van der Waals surface area contributed by atoms with Gasteiger partial charge in [-0.25, -0.2) is 9.98 Å². The first-order valence-corrected chi connectivity index (χ1v) is 11.1. The third-order valence-corrected chi connectivity index (χ3v) is 3.92. The van der Waals surface area contributed by atoms with Crippen molar-refractivity contribution in [1.82, 2.24) is 15.3 Å². The molecule has 1 aromatic rings. The van der Waals surface area contributed by atoms with Crippen LogP contribution in [0.1, 0.15) is 72.4 Å². The summed E-state index contributed by atoms with van der Waals surface area (Å²) in [5.74, 6) is 1.97. The zero-order valence-corrected chi connectivity index (χ0v) is 19.4. The number of aromatic nitrogens is 2. The van der Waals surface area contributed by atoms with E-state index in [2.05, 4.69) is 39.4 Å². The fourth-order valence-corrected chi connectivity index (χ4v) is 2.32. The number of aryl methyl sites for hydroxylation is 1. The molecule has 0 radical (unpaired) electrons. The van der Waals surface area contributed by atoms with Crippen LogP contribution in [-0.2, 0) is 0 Å². The van der Waals surface area contributed by atoms with Crippen LogP contribution in [0.2, 0.25) is 0 Å². The van der Waals surface area contributed by atoms with Gasteiger partial charge in [-0.15, -0.1) is 0 Å². The van der Waals surface area contributed by atoms with Gasteiger partial charge in [-0.2, -0.15) is 4.98 Å². The molecule has 0 saturated heterocycles. The van der Waals surface area contributed by atoms with Crippen LogP contribution in [0.25, 0.3) is 0 Å². The molecule has 0 aliphatic heterocycles. The van der Waals surface area contributed by atoms with Crippen LogP contribution in [-0.4, -0.2) is 35.4 Å². The first kappa shape index (κ1) is 26.9. The average Bonchev–Trinajstić information content (AvgIpc) is 3.52. The van der Waals surface area contributed by atoms with Crippen LogP contribution in [0.5, 0.6) is 0 Å². The number of aliphatic imine (C=N–C) groups is 1. The largest absolute Gasteiger partial charge is 0.402 e. The van der Waals surface area contributed by atoms with Gasteiger partial charge in [0.15, 0.2) is 5.82 Å². The van der Waals surface area contributed by atoms with Gasteiger partial charge in [0.05, 0.1) is 0 Å². The number of hydrogen-bond acceptors (Lipinski definition) is 6. The molecule has 7 nitrogen and oxygen atoms in total. The molecule has 0 atom stereocenters. The smallest absolute Gasteiger partial charge is 0.224 e. The van der Waals surface area contributed by atoms with Gasteiger partial charge in [0.25, 0.3) is 0 Å². The fourth-order valence-electron chi connectivity index (χ4n) is 2.32. The van der Waals surface area contributed by atoms with Crippen molar-refractivity contribution in [2.75, 3.05) is 25.0 Å². The summed E-state index contributed by atoms with van der Waals surface area (Å²) in [6.45, 7) is 15.4. The number of rotatable bonds is 10. The molecule has 0 aromatic carbocycles. The Labute approximate surface area is 177 Å². The van der Waals surface area contributed by atoms with Crippen molar-refractivity contribution in [2.24, 2.45) is 22.4 Å². The molecular formula is C22H43N7. The number of allylic oxidation sites excluding steroid dienone is 1. The average molecular weight is 406 g/mol. The predicted molar refractivity (Wildman–Crippen MR) is 127 cm³/mol. The number of nitrogens with one attached hydrogen (secondary N) is 2. The highest BCUT2D eigenvalue weighted by molar-refractivity contribution is 5.93. The molecule has 1 saturated carbocycles. The molecule has 29 heavy (non-hydrogen) atoms. The van der Waals surface area contributed by atoms with Crippen LogP contribution in [0.4, 0.5) is 11.8 Å². The van der Waals surface area contributed by atoms with Crippen LogP contribution < -0.4 is 22.1 Å². The highest BCUT2D eigenvalue weighted by Gasteiger charge is 2.23. The molecule has 0 bridgehead atoms. The van der Waals surface area contributed by atoms with E-state index in [0.29, 0.717) is 23.5 Å². The van der Waals surface area contributed by atoms with Gasteiger partial charge in [0.1, 0.15) is 5.84 Å². The Kier molecular flexibility index (Phi) is 15.5. The molecule has 0 unspecified atom stereocenters. The van der Waals surface area contributed by atoms with E-state index in [-0.39, 0.29) is 0 Å². The number of amidine groups is 1. The van der Waals surface area contributed by atoms with Crippen LogP contribution in [0.15, 0.2) is 22.8 Å². The Morgan fingerprint density at radius 3 is 2.38 bits per heavy atom. The Balaban J connectivity index is 0.000000664. The SMILES string of the molecule is CC.CCCCNCCC.CCNc1nc(C)cc(N=C(N)/C=C(\N)C2CC2)n1. The zero-order chi connectivity index (χ0) is 22.1. The van der Waals surface area contributed by atoms with Gasteiger partial charge < -0.3 is 22.1 Å². The number of nitrogens with two attached hydrogens (primary N) is 2. The Bertz CT molecular complexity index is 601. The number of anilines is 1. The third kappa shape index (κ3) is 13.6. The van der Waals surface area contributed by atoms with E-state index in [1.54, 1.807) is 12.1 Å². The molecule has 1 aromatic heterocycles. The van der Waals surface area contributed by atoms with Crippen molar-refractivity contribution in [2.45, 2.75) is 73.6 Å². The van der Waals surface area contributed by atoms with Crippen molar-refractivity contribution in [3.05, 3.63) is 23.5 Å². The lowest BCUT2D eigenvalue weighted by molar-refractivity contribution is 0.633. The fraction of sp³-hybridized carbons (Fsp3) is 0.682. The lowest BCUT2D eigenvalue weighted by Gasteiger charge is -2.04. The van der Waals surface area contributed by atoms with E-state index >= 15 is 0 Å². The maximum atomic E-state index is 5.90. The molecule has 166 valence electrons. The summed E-state index contributed by atoms with van der Waals surface area (Å²) in [5.41, 5.74) is 13.4. The van der Waals surface area contributed by atoms with Crippen LogP contribution in [0.3, 0.4) is 0 Å². The first-order chi connectivity index (χ1) is 14.0. The van der Waals surface area contributed by atoms with Crippen molar-refractivity contribution < 1.29 is 0 Å². The summed E-state index contributed by atoms with van der Waals surface area (Å²) in [6, 6.07) is 1.79. The van der Waals surface area contributed by atoms with Crippen molar-refractivity contribution in [1.29, 1.82) is 0 Å². The second-order valence-electron chi connectivity index (χ2n) is 6.78. The Morgan fingerprint density at radius 1 is 1.14 bits per heavy atom.